The second kappa shape index (κ2) is 6.84. The molecular weight excluding hydrogens is 344 g/mol. The third kappa shape index (κ3) is 3.09. The fraction of sp³-hybridized carbons (Fsp3) is 0.0476. The first-order valence-corrected chi connectivity index (χ1v) is 9.28. The number of hydrogen-bond donors (Lipinski definition) is 0. The van der Waals surface area contributed by atoms with Crippen LogP contribution >= 0.6 is 0 Å². The summed E-state index contributed by atoms with van der Waals surface area (Å²) in [5, 5.41) is 9.23. The molecule has 0 saturated carbocycles. The van der Waals surface area contributed by atoms with Crippen molar-refractivity contribution in [2.75, 3.05) is 0 Å². The summed E-state index contributed by atoms with van der Waals surface area (Å²) in [6.07, 6.45) is 2.81. The topological polar surface area (TPSA) is 62.3 Å². The number of allylic oxidation sites excluding steroid dienone is 4. The van der Waals surface area contributed by atoms with Gasteiger partial charge in [0.05, 0.1) is 22.5 Å². The minimum Gasteiger partial charge on any atom is -0.226 e. The lowest BCUT2D eigenvalue weighted by atomic mass is 10.1. The molecule has 0 bridgehead atoms. The van der Waals surface area contributed by atoms with Crippen LogP contribution in [-0.4, -0.2) is 8.42 Å². The van der Waals surface area contributed by atoms with Crippen molar-refractivity contribution >= 4 is 19.6 Å². The normalized spacial score (nSPS) is 17.3. The summed E-state index contributed by atoms with van der Waals surface area (Å²) in [5.74, 6) is 0. The van der Waals surface area contributed by atoms with Crippen LogP contribution in [0.4, 0.5) is 0 Å². The predicted molar refractivity (Wildman–Crippen MR) is 102 cm³/mol. The predicted octanol–water partition coefficient (Wildman–Crippen LogP) is 4.50. The zero-order chi connectivity index (χ0) is 18.7. The molecule has 1 aliphatic rings. The quantitative estimate of drug-likeness (QED) is 0.586. The van der Waals surface area contributed by atoms with Gasteiger partial charge in [0.2, 0.25) is 9.84 Å². The molecule has 0 saturated heterocycles. The number of sulfone groups is 1. The summed E-state index contributed by atoms with van der Waals surface area (Å²) in [7, 11) is -3.79. The highest BCUT2D eigenvalue weighted by atomic mass is 32.2. The lowest BCUT2D eigenvalue weighted by Crippen LogP contribution is -2.11. The van der Waals surface area contributed by atoms with E-state index in [0.29, 0.717) is 16.7 Å². The molecule has 3 rings (SSSR count). The Morgan fingerprint density at radius 3 is 2.00 bits per heavy atom. The van der Waals surface area contributed by atoms with Gasteiger partial charge in [-0.2, -0.15) is 0 Å². The Hall–Kier alpha value is -3.41. The van der Waals surface area contributed by atoms with E-state index < -0.39 is 9.84 Å². The second-order valence-corrected chi connectivity index (χ2v) is 7.67. The summed E-state index contributed by atoms with van der Waals surface area (Å²) < 4.78 is 26.4. The van der Waals surface area contributed by atoms with E-state index in [0.717, 1.165) is 5.56 Å². The zero-order valence-corrected chi connectivity index (χ0v) is 14.8. The molecule has 0 spiro atoms. The molecule has 0 aromatic heterocycles. The van der Waals surface area contributed by atoms with Crippen LogP contribution in [0.25, 0.3) is 14.7 Å². The molecule has 0 atom stereocenters. The summed E-state index contributed by atoms with van der Waals surface area (Å²) in [5.41, 5.74) is 2.21. The van der Waals surface area contributed by atoms with Crippen molar-refractivity contribution < 1.29 is 8.42 Å². The molecule has 1 aliphatic heterocycles. The molecule has 0 amide bonds. The van der Waals surface area contributed by atoms with Crippen molar-refractivity contribution in [3.63, 3.8) is 0 Å². The first-order chi connectivity index (χ1) is 12.5. The molecule has 2 aromatic rings. The van der Waals surface area contributed by atoms with E-state index in [1.807, 2.05) is 25.1 Å². The molecule has 5 heteroatoms. The van der Waals surface area contributed by atoms with Crippen LogP contribution in [0.2, 0.25) is 0 Å². The highest BCUT2D eigenvalue weighted by Gasteiger charge is 2.30. The second-order valence-electron chi connectivity index (χ2n) is 5.78. The molecule has 126 valence electrons. The Morgan fingerprint density at radius 1 is 0.962 bits per heavy atom. The van der Waals surface area contributed by atoms with Crippen LogP contribution in [0, 0.1) is 24.8 Å². The molecular formula is C21H14N2O2S. The van der Waals surface area contributed by atoms with Gasteiger partial charge in [-0.3, -0.25) is 0 Å². The molecule has 0 radical (unpaired) electrons. The van der Waals surface area contributed by atoms with E-state index in [1.54, 1.807) is 42.5 Å². The van der Waals surface area contributed by atoms with Gasteiger partial charge in [-0.15, -0.1) is 0 Å². The molecule has 0 N–H and O–H groups in total. The monoisotopic (exact) mass is 358 g/mol. The third-order valence-electron chi connectivity index (χ3n) is 4.04. The fourth-order valence-corrected chi connectivity index (χ4v) is 4.38. The van der Waals surface area contributed by atoms with Crippen molar-refractivity contribution in [3.05, 3.63) is 106 Å². The van der Waals surface area contributed by atoms with Crippen LogP contribution in [0.15, 0.2) is 78.0 Å². The number of nitrogens with zero attached hydrogens (tertiary/aromatic N) is 2. The van der Waals surface area contributed by atoms with Crippen LogP contribution in [0.5, 0.6) is 0 Å². The van der Waals surface area contributed by atoms with Crippen molar-refractivity contribution in [2.45, 2.75) is 6.92 Å². The minimum absolute atomic E-state index is 0.0857. The Kier molecular flexibility index (Phi) is 4.58. The van der Waals surface area contributed by atoms with Crippen LogP contribution in [-0.2, 0) is 9.84 Å². The van der Waals surface area contributed by atoms with Crippen molar-refractivity contribution in [2.24, 2.45) is 0 Å². The van der Waals surface area contributed by atoms with Crippen molar-refractivity contribution in [1.82, 2.24) is 0 Å². The zero-order valence-electron chi connectivity index (χ0n) is 14.0. The summed E-state index contributed by atoms with van der Waals surface area (Å²) in [6.45, 7) is 9.12. The van der Waals surface area contributed by atoms with Gasteiger partial charge in [-0.05, 0) is 35.8 Å². The molecule has 4 nitrogen and oxygen atoms in total. The fourth-order valence-electron chi connectivity index (χ4n) is 2.69. The van der Waals surface area contributed by atoms with Gasteiger partial charge in [0.15, 0.2) is 0 Å². The van der Waals surface area contributed by atoms with Crippen LogP contribution < -0.4 is 0 Å². The number of hydrogen-bond acceptors (Lipinski definition) is 3. The average molecular weight is 358 g/mol. The summed E-state index contributed by atoms with van der Waals surface area (Å²) in [4.78, 5) is 3.41. The first-order valence-electron chi connectivity index (χ1n) is 7.80. The first kappa shape index (κ1) is 17.4. The number of aryl methyl sites for hydroxylation is 1. The minimum atomic E-state index is -3.79. The Balaban J connectivity index is 2.31. The molecule has 2 aromatic carbocycles. The number of nitriles is 1. The lowest BCUT2D eigenvalue weighted by molar-refractivity contribution is 0.614. The van der Waals surface area contributed by atoms with Gasteiger partial charge in [-0.1, -0.05) is 60.2 Å². The van der Waals surface area contributed by atoms with Gasteiger partial charge in [-0.25, -0.2) is 18.5 Å². The molecule has 0 aliphatic carbocycles. The average Bonchev–Trinajstić information content (AvgIpc) is 2.65. The highest BCUT2D eigenvalue weighted by Crippen LogP contribution is 2.39. The Labute approximate surface area is 152 Å². The highest BCUT2D eigenvalue weighted by molar-refractivity contribution is 8.09. The van der Waals surface area contributed by atoms with Gasteiger partial charge in [0, 0.05) is 0 Å². The summed E-state index contributed by atoms with van der Waals surface area (Å²) >= 11 is 0. The van der Waals surface area contributed by atoms with Gasteiger partial charge in [0.25, 0.3) is 5.70 Å². The SMILES string of the molecule is [C-]#[N+]C(C#N)=C1C=C(c2ccccc2)S(=O)(=O)C(c2ccc(C)cc2)=C1. The summed E-state index contributed by atoms with van der Waals surface area (Å²) in [6, 6.07) is 17.7. The van der Waals surface area contributed by atoms with E-state index in [9.17, 15) is 13.7 Å². The molecule has 0 fully saturated rings. The van der Waals surface area contributed by atoms with Gasteiger partial charge in [0.1, 0.15) is 0 Å². The largest absolute Gasteiger partial charge is 0.269 e. The lowest BCUT2D eigenvalue weighted by Gasteiger charge is -2.18. The van der Waals surface area contributed by atoms with Crippen LogP contribution in [0.1, 0.15) is 16.7 Å². The van der Waals surface area contributed by atoms with E-state index in [2.05, 4.69) is 4.85 Å². The standard InChI is InChI=1S/C21H14N2O2S/c1-15-8-10-17(11-9-15)21-13-18(19(14-22)23-2)12-20(26(21,24)25)16-6-4-3-5-7-16/h3-13H,1H3. The van der Waals surface area contributed by atoms with Crippen molar-refractivity contribution in [3.8, 4) is 6.07 Å². The smallest absolute Gasteiger partial charge is 0.226 e. The van der Waals surface area contributed by atoms with Gasteiger partial charge < -0.3 is 0 Å². The molecule has 1 heterocycles. The van der Waals surface area contributed by atoms with Crippen molar-refractivity contribution in [1.29, 1.82) is 5.26 Å². The maximum atomic E-state index is 13.2. The molecule has 0 unspecified atom stereocenters. The van der Waals surface area contributed by atoms with E-state index >= 15 is 0 Å². The maximum Gasteiger partial charge on any atom is 0.269 e. The third-order valence-corrected chi connectivity index (χ3v) is 5.90. The van der Waals surface area contributed by atoms with E-state index in [1.165, 1.54) is 12.2 Å². The number of rotatable bonds is 2. The maximum absolute atomic E-state index is 13.2. The molecule has 26 heavy (non-hydrogen) atoms. The Bertz CT molecular complexity index is 1120. The van der Waals surface area contributed by atoms with E-state index in [-0.39, 0.29) is 15.5 Å². The van der Waals surface area contributed by atoms with E-state index in [4.69, 9.17) is 6.57 Å². The number of benzene rings is 2. The Morgan fingerprint density at radius 2 is 1.50 bits per heavy atom. The van der Waals surface area contributed by atoms with Crippen LogP contribution in [0.3, 0.4) is 0 Å². The van der Waals surface area contributed by atoms with Gasteiger partial charge >= 0.3 is 0 Å².